The van der Waals surface area contributed by atoms with Crippen molar-refractivity contribution in [3.05, 3.63) is 146 Å². The maximum atomic E-state index is 6.51. The molecule has 49 heavy (non-hydrogen) atoms. The SMILES string of the molecule is [Ir].[c-]1cccc2c1c1nccn1c1nc(-c3cccc(-n4c5ccccc5c5cc(-c6ccc7oc8ccccc8c7c6)ccc54)c3)oc21. The Kier molecular flexibility index (Phi) is 6.01. The van der Waals surface area contributed by atoms with Crippen LogP contribution in [0.25, 0.3) is 99.7 Å². The molecular weight excluding hydrogens is 785 g/mol. The Bertz CT molecular complexity index is 3090. The average Bonchev–Trinajstić information content (AvgIpc) is 3.94. The predicted octanol–water partition coefficient (Wildman–Crippen LogP) is 10.8. The van der Waals surface area contributed by atoms with Crippen LogP contribution in [0.3, 0.4) is 0 Å². The fraction of sp³-hybridized carbons (Fsp3) is 0. The Morgan fingerprint density at radius 3 is 2.29 bits per heavy atom. The first-order chi connectivity index (χ1) is 23.8. The third kappa shape index (κ3) is 4.04. The summed E-state index contributed by atoms with van der Waals surface area (Å²) in [7, 11) is 0. The van der Waals surface area contributed by atoms with Gasteiger partial charge in [-0.25, -0.2) is 0 Å². The van der Waals surface area contributed by atoms with E-state index in [-0.39, 0.29) is 20.1 Å². The molecule has 5 aromatic heterocycles. The zero-order valence-corrected chi connectivity index (χ0v) is 28.1. The molecule has 0 N–H and O–H groups in total. The molecule has 0 aliphatic heterocycles. The van der Waals surface area contributed by atoms with E-state index in [1.54, 1.807) is 6.20 Å². The van der Waals surface area contributed by atoms with Crippen LogP contribution in [0.1, 0.15) is 0 Å². The van der Waals surface area contributed by atoms with E-state index in [4.69, 9.17) is 13.8 Å². The van der Waals surface area contributed by atoms with Gasteiger partial charge in [-0.15, -0.1) is 24.3 Å². The number of fused-ring (bicyclic) bond motifs is 12. The van der Waals surface area contributed by atoms with Gasteiger partial charge >= 0.3 is 0 Å². The number of hydrogen-bond donors (Lipinski definition) is 0. The molecule has 6 aromatic carbocycles. The summed E-state index contributed by atoms with van der Waals surface area (Å²) in [6.07, 6.45) is 3.71. The molecule has 0 amide bonds. The Morgan fingerprint density at radius 1 is 0.571 bits per heavy atom. The quantitative estimate of drug-likeness (QED) is 0.167. The summed E-state index contributed by atoms with van der Waals surface area (Å²) in [5.74, 6) is 0.559. The van der Waals surface area contributed by atoms with Gasteiger partial charge in [0, 0.05) is 65.3 Å². The molecule has 0 saturated heterocycles. The molecule has 6 nitrogen and oxygen atoms in total. The van der Waals surface area contributed by atoms with Crippen molar-refractivity contribution in [2.45, 2.75) is 0 Å². The molecule has 0 bridgehead atoms. The Morgan fingerprint density at radius 2 is 1.35 bits per heavy atom. The molecule has 0 aliphatic carbocycles. The van der Waals surface area contributed by atoms with E-state index in [1.165, 1.54) is 10.8 Å². The molecule has 5 heterocycles. The van der Waals surface area contributed by atoms with E-state index in [0.717, 1.165) is 83.0 Å². The number of rotatable bonds is 3. The normalized spacial score (nSPS) is 11.9. The maximum absolute atomic E-state index is 6.51. The third-order valence-electron chi connectivity index (χ3n) is 9.54. The van der Waals surface area contributed by atoms with Crippen LogP contribution in [0.4, 0.5) is 0 Å². The molecule has 11 aromatic rings. The summed E-state index contributed by atoms with van der Waals surface area (Å²) in [5, 5.41) is 6.50. The zero-order valence-electron chi connectivity index (χ0n) is 25.7. The third-order valence-corrected chi connectivity index (χ3v) is 9.54. The first kappa shape index (κ1) is 28.0. The van der Waals surface area contributed by atoms with Crippen LogP contribution in [0.2, 0.25) is 0 Å². The summed E-state index contributed by atoms with van der Waals surface area (Å²) >= 11 is 0. The minimum absolute atomic E-state index is 0. The van der Waals surface area contributed by atoms with E-state index in [9.17, 15) is 0 Å². The monoisotopic (exact) mass is 808 g/mol. The predicted molar refractivity (Wildman–Crippen MR) is 192 cm³/mol. The molecular formula is C42H23IrN4O2-. The topological polar surface area (TPSA) is 61.4 Å². The fourth-order valence-corrected chi connectivity index (χ4v) is 7.36. The second kappa shape index (κ2) is 10.5. The van der Waals surface area contributed by atoms with Crippen LogP contribution in [0, 0.1) is 6.07 Å². The first-order valence-corrected chi connectivity index (χ1v) is 15.9. The molecule has 7 heteroatoms. The van der Waals surface area contributed by atoms with Crippen LogP contribution in [-0.4, -0.2) is 18.9 Å². The van der Waals surface area contributed by atoms with Crippen molar-refractivity contribution in [1.29, 1.82) is 0 Å². The van der Waals surface area contributed by atoms with Crippen molar-refractivity contribution in [2.75, 3.05) is 0 Å². The summed E-state index contributed by atoms with van der Waals surface area (Å²) < 4.78 is 16.9. The van der Waals surface area contributed by atoms with Crippen LogP contribution in [-0.2, 0) is 20.1 Å². The van der Waals surface area contributed by atoms with Crippen molar-refractivity contribution in [1.82, 2.24) is 18.9 Å². The van der Waals surface area contributed by atoms with Gasteiger partial charge < -0.3 is 17.8 Å². The number of hydrogen-bond acceptors (Lipinski definition) is 4. The molecule has 11 rings (SSSR count). The van der Waals surface area contributed by atoms with Gasteiger partial charge in [0.25, 0.3) is 0 Å². The van der Waals surface area contributed by atoms with Crippen LogP contribution in [0.5, 0.6) is 0 Å². The van der Waals surface area contributed by atoms with Gasteiger partial charge in [-0.1, -0.05) is 65.4 Å². The van der Waals surface area contributed by atoms with Crippen LogP contribution in [0.15, 0.2) is 149 Å². The van der Waals surface area contributed by atoms with Gasteiger partial charge in [-0.05, 0) is 65.7 Å². The first-order valence-electron chi connectivity index (χ1n) is 15.9. The minimum Gasteiger partial charge on any atom is -0.456 e. The van der Waals surface area contributed by atoms with E-state index >= 15 is 0 Å². The average molecular weight is 808 g/mol. The van der Waals surface area contributed by atoms with Gasteiger partial charge in [0.1, 0.15) is 16.7 Å². The minimum atomic E-state index is 0. The largest absolute Gasteiger partial charge is 0.456 e. The van der Waals surface area contributed by atoms with E-state index < -0.39 is 0 Å². The maximum Gasteiger partial charge on any atom is 0.227 e. The summed E-state index contributed by atoms with van der Waals surface area (Å²) in [4.78, 5) is 9.56. The Hall–Kier alpha value is -6.01. The van der Waals surface area contributed by atoms with Crippen molar-refractivity contribution < 1.29 is 28.9 Å². The smallest absolute Gasteiger partial charge is 0.227 e. The number of aromatic nitrogens is 4. The van der Waals surface area contributed by atoms with Gasteiger partial charge in [-0.2, -0.15) is 4.98 Å². The van der Waals surface area contributed by atoms with Crippen LogP contribution >= 0.6 is 0 Å². The van der Waals surface area contributed by atoms with E-state index in [2.05, 4.69) is 113 Å². The van der Waals surface area contributed by atoms with Gasteiger partial charge in [0.05, 0.1) is 16.7 Å². The van der Waals surface area contributed by atoms with Crippen molar-refractivity contribution in [3.8, 4) is 28.3 Å². The molecule has 0 unspecified atom stereocenters. The molecule has 0 spiro atoms. The zero-order chi connectivity index (χ0) is 31.3. The van der Waals surface area contributed by atoms with E-state index in [1.807, 2.05) is 40.9 Å². The molecule has 0 atom stereocenters. The summed E-state index contributed by atoms with van der Waals surface area (Å²) in [6.45, 7) is 0. The fourth-order valence-electron chi connectivity index (χ4n) is 7.36. The number of oxazole rings is 1. The van der Waals surface area contributed by atoms with Crippen LogP contribution < -0.4 is 0 Å². The van der Waals surface area contributed by atoms with Crippen molar-refractivity contribution in [2.24, 2.45) is 0 Å². The van der Waals surface area contributed by atoms with Crippen molar-refractivity contribution >= 4 is 71.4 Å². The number of pyridine rings is 1. The van der Waals surface area contributed by atoms with Gasteiger partial charge in [-0.3, -0.25) is 4.98 Å². The van der Waals surface area contributed by atoms with Crippen molar-refractivity contribution in [3.63, 3.8) is 0 Å². The molecule has 0 fully saturated rings. The number of nitrogens with zero attached hydrogens (tertiary/aromatic N) is 4. The van der Waals surface area contributed by atoms with E-state index in [0.29, 0.717) is 5.89 Å². The molecule has 1 radical (unpaired) electrons. The number of para-hydroxylation sites is 2. The van der Waals surface area contributed by atoms with Gasteiger partial charge in [0.15, 0.2) is 5.65 Å². The summed E-state index contributed by atoms with van der Waals surface area (Å²) in [5.41, 5.74) is 10.6. The second-order valence-corrected chi connectivity index (χ2v) is 12.2. The van der Waals surface area contributed by atoms with Gasteiger partial charge in [0.2, 0.25) is 5.89 Å². The molecule has 0 saturated carbocycles. The second-order valence-electron chi connectivity index (χ2n) is 12.2. The molecule has 0 aliphatic rings. The number of benzene rings is 6. The summed E-state index contributed by atoms with van der Waals surface area (Å²) in [6, 6.07) is 47.7. The number of furan rings is 1. The standard InChI is InChI=1S/C42H23N4O2.Ir/c1-2-13-32-31(12-1)39-41(45-21-20-43-40(32)45)44-42(48-39)27-8-7-9-28(22-27)46-35-14-5-3-10-29(35)33-23-25(16-18-36(33)46)26-17-19-38-34(24-26)30-11-4-6-15-37(30)47-38;/h1-12,14-24H;/q-1;. The molecule has 233 valence electrons. The Labute approximate surface area is 292 Å². The Balaban J connectivity index is 0.00000306. The number of imidazole rings is 1.